The van der Waals surface area contributed by atoms with Crippen molar-refractivity contribution in [2.45, 2.75) is 17.2 Å². The second-order valence-electron chi connectivity index (χ2n) is 5.82. The monoisotopic (exact) mass is 417 g/mol. The molecule has 0 fully saturated rings. The van der Waals surface area contributed by atoms with Gasteiger partial charge in [0, 0.05) is 21.8 Å². The normalized spacial score (nSPS) is 10.6. The van der Waals surface area contributed by atoms with E-state index in [1.54, 1.807) is 36.4 Å². The molecule has 0 atom stereocenters. The third-order valence-electron chi connectivity index (χ3n) is 3.75. The molecule has 0 spiro atoms. The predicted molar refractivity (Wildman–Crippen MR) is 107 cm³/mol. The Hall–Kier alpha value is -3.33. The second-order valence-corrected chi connectivity index (χ2v) is 6.88. The minimum absolute atomic E-state index is 0.265. The molecule has 0 aliphatic carbocycles. The standard InChI is InChI=1S/C20H17F2N3O3S/c21-19(22)29-17-9-3-13(4-10-17)18(26)24-14-5-7-15(8-6-14)25-20(27)23-12-16-2-1-11-28-16/h1-11,19H,12H2,(H,24,26)(H2,23,25,27). The Morgan fingerprint density at radius 3 is 2.17 bits per heavy atom. The fraction of sp³-hybridized carbons (Fsp3) is 0.100. The maximum absolute atomic E-state index is 12.3. The fourth-order valence-electron chi connectivity index (χ4n) is 2.38. The number of hydrogen-bond acceptors (Lipinski definition) is 4. The van der Waals surface area contributed by atoms with Gasteiger partial charge in [0.1, 0.15) is 5.76 Å². The number of halogens is 2. The Morgan fingerprint density at radius 1 is 0.931 bits per heavy atom. The van der Waals surface area contributed by atoms with Crippen LogP contribution < -0.4 is 16.0 Å². The lowest BCUT2D eigenvalue weighted by Gasteiger charge is -2.09. The molecule has 0 unspecified atom stereocenters. The molecule has 0 saturated heterocycles. The number of anilines is 2. The Morgan fingerprint density at radius 2 is 1.59 bits per heavy atom. The summed E-state index contributed by atoms with van der Waals surface area (Å²) in [7, 11) is 0. The van der Waals surface area contributed by atoms with Crippen molar-refractivity contribution in [1.82, 2.24) is 5.32 Å². The van der Waals surface area contributed by atoms with E-state index in [2.05, 4.69) is 16.0 Å². The molecule has 150 valence electrons. The van der Waals surface area contributed by atoms with Gasteiger partial charge in [0.25, 0.3) is 11.7 Å². The summed E-state index contributed by atoms with van der Waals surface area (Å²) in [6.45, 7) is 0.265. The van der Waals surface area contributed by atoms with Gasteiger partial charge < -0.3 is 20.4 Å². The molecule has 0 aliphatic rings. The number of carbonyl (C=O) groups excluding carboxylic acids is 2. The van der Waals surface area contributed by atoms with Crippen LogP contribution in [-0.2, 0) is 6.54 Å². The van der Waals surface area contributed by atoms with Crippen LogP contribution in [0.1, 0.15) is 16.1 Å². The van der Waals surface area contributed by atoms with E-state index >= 15 is 0 Å². The van der Waals surface area contributed by atoms with Crippen molar-refractivity contribution in [3.8, 4) is 0 Å². The average Bonchev–Trinajstić information content (AvgIpc) is 3.22. The molecule has 3 N–H and O–H groups in total. The van der Waals surface area contributed by atoms with Crippen LogP contribution >= 0.6 is 11.8 Å². The van der Waals surface area contributed by atoms with Crippen molar-refractivity contribution in [2.75, 3.05) is 10.6 Å². The number of rotatable bonds is 7. The molecule has 0 radical (unpaired) electrons. The van der Waals surface area contributed by atoms with Gasteiger partial charge in [-0.05, 0) is 60.7 Å². The minimum Gasteiger partial charge on any atom is -0.467 e. The van der Waals surface area contributed by atoms with Crippen molar-refractivity contribution in [2.24, 2.45) is 0 Å². The Labute approximate surface area is 169 Å². The number of nitrogens with one attached hydrogen (secondary N) is 3. The van der Waals surface area contributed by atoms with Crippen molar-refractivity contribution in [3.63, 3.8) is 0 Å². The van der Waals surface area contributed by atoms with Crippen LogP contribution in [0.4, 0.5) is 25.0 Å². The largest absolute Gasteiger partial charge is 0.467 e. The molecular weight excluding hydrogens is 400 g/mol. The zero-order chi connectivity index (χ0) is 20.6. The third kappa shape index (κ3) is 6.35. The number of carbonyl (C=O) groups is 2. The van der Waals surface area contributed by atoms with Crippen molar-refractivity contribution >= 4 is 35.1 Å². The maximum atomic E-state index is 12.3. The van der Waals surface area contributed by atoms with Gasteiger partial charge in [0.2, 0.25) is 0 Å². The number of amides is 3. The highest BCUT2D eigenvalue weighted by molar-refractivity contribution is 7.99. The maximum Gasteiger partial charge on any atom is 0.319 e. The Kier molecular flexibility index (Phi) is 6.85. The van der Waals surface area contributed by atoms with Crippen LogP contribution in [0.15, 0.2) is 76.2 Å². The van der Waals surface area contributed by atoms with Crippen LogP contribution in [0.5, 0.6) is 0 Å². The lowest BCUT2D eigenvalue weighted by atomic mass is 10.2. The van der Waals surface area contributed by atoms with Crippen molar-refractivity contribution in [3.05, 3.63) is 78.3 Å². The van der Waals surface area contributed by atoms with E-state index in [1.165, 1.54) is 30.5 Å². The summed E-state index contributed by atoms with van der Waals surface area (Å²) in [6, 6.07) is 15.6. The van der Waals surface area contributed by atoms with Crippen molar-refractivity contribution in [1.29, 1.82) is 0 Å². The van der Waals surface area contributed by atoms with Crippen LogP contribution in [0.25, 0.3) is 0 Å². The first-order chi connectivity index (χ1) is 14.0. The van der Waals surface area contributed by atoms with Crippen molar-refractivity contribution < 1.29 is 22.8 Å². The van der Waals surface area contributed by atoms with Gasteiger partial charge in [-0.3, -0.25) is 4.79 Å². The molecule has 1 aromatic heterocycles. The molecule has 29 heavy (non-hydrogen) atoms. The molecule has 0 saturated carbocycles. The highest BCUT2D eigenvalue weighted by Crippen LogP contribution is 2.25. The summed E-state index contributed by atoms with van der Waals surface area (Å²) in [5.74, 6) is -2.23. The third-order valence-corrected chi connectivity index (χ3v) is 4.47. The number of hydrogen-bond donors (Lipinski definition) is 3. The number of benzene rings is 2. The summed E-state index contributed by atoms with van der Waals surface area (Å²) in [6.07, 6.45) is 1.53. The summed E-state index contributed by atoms with van der Waals surface area (Å²) < 4.78 is 29.8. The topological polar surface area (TPSA) is 83.4 Å². The molecule has 3 aromatic rings. The minimum atomic E-state index is -2.51. The average molecular weight is 417 g/mol. The summed E-state index contributed by atoms with van der Waals surface area (Å²) >= 11 is 0.422. The molecule has 3 amide bonds. The SMILES string of the molecule is O=C(NCc1ccco1)Nc1ccc(NC(=O)c2ccc(SC(F)F)cc2)cc1. The summed E-state index contributed by atoms with van der Waals surface area (Å²) in [4.78, 5) is 24.5. The summed E-state index contributed by atoms with van der Waals surface area (Å²) in [5, 5.41) is 8.03. The van der Waals surface area contributed by atoms with E-state index in [0.29, 0.717) is 39.4 Å². The first-order valence-electron chi connectivity index (χ1n) is 8.53. The molecule has 0 bridgehead atoms. The highest BCUT2D eigenvalue weighted by Gasteiger charge is 2.09. The molecule has 6 nitrogen and oxygen atoms in total. The Balaban J connectivity index is 1.50. The van der Waals surface area contributed by atoms with Crippen LogP contribution in [-0.4, -0.2) is 17.7 Å². The first kappa shape index (κ1) is 20.4. The number of thioether (sulfide) groups is 1. The van der Waals surface area contributed by atoms with Gasteiger partial charge in [0.05, 0.1) is 12.8 Å². The molecular formula is C20H17F2N3O3S. The Bertz CT molecular complexity index is 946. The molecule has 0 aliphatic heterocycles. The van der Waals surface area contributed by atoms with Gasteiger partial charge in [-0.15, -0.1) is 0 Å². The van der Waals surface area contributed by atoms with Crippen LogP contribution in [0, 0.1) is 0 Å². The van der Waals surface area contributed by atoms with E-state index in [0.717, 1.165) is 0 Å². The van der Waals surface area contributed by atoms with Crippen LogP contribution in [0.2, 0.25) is 0 Å². The van der Waals surface area contributed by atoms with Gasteiger partial charge >= 0.3 is 6.03 Å². The zero-order valence-electron chi connectivity index (χ0n) is 15.0. The molecule has 3 rings (SSSR count). The van der Waals surface area contributed by atoms with E-state index in [4.69, 9.17) is 4.42 Å². The molecule has 1 heterocycles. The van der Waals surface area contributed by atoms with E-state index in [9.17, 15) is 18.4 Å². The van der Waals surface area contributed by atoms with E-state index in [-0.39, 0.29) is 18.5 Å². The predicted octanol–water partition coefficient (Wildman–Crippen LogP) is 5.17. The molecule has 9 heteroatoms. The number of furan rings is 1. The lowest BCUT2D eigenvalue weighted by molar-refractivity contribution is 0.102. The van der Waals surface area contributed by atoms with Crippen LogP contribution in [0.3, 0.4) is 0 Å². The zero-order valence-corrected chi connectivity index (χ0v) is 15.8. The van der Waals surface area contributed by atoms with E-state index in [1.807, 2.05) is 0 Å². The quantitative estimate of drug-likeness (QED) is 0.463. The second kappa shape index (κ2) is 9.74. The van der Waals surface area contributed by atoms with Gasteiger partial charge in [-0.25, -0.2) is 4.79 Å². The number of alkyl halides is 2. The smallest absolute Gasteiger partial charge is 0.319 e. The first-order valence-corrected chi connectivity index (χ1v) is 9.41. The van der Waals surface area contributed by atoms with Gasteiger partial charge in [-0.1, -0.05) is 11.8 Å². The van der Waals surface area contributed by atoms with Gasteiger partial charge in [0.15, 0.2) is 0 Å². The highest BCUT2D eigenvalue weighted by atomic mass is 32.2. The molecule has 2 aromatic carbocycles. The summed E-state index contributed by atoms with van der Waals surface area (Å²) in [5.41, 5.74) is 1.43. The number of urea groups is 1. The van der Waals surface area contributed by atoms with E-state index < -0.39 is 5.76 Å². The fourth-order valence-corrected chi connectivity index (χ4v) is 2.88. The lowest BCUT2D eigenvalue weighted by Crippen LogP contribution is -2.27. The van der Waals surface area contributed by atoms with Gasteiger partial charge in [-0.2, -0.15) is 8.78 Å².